The number of aromatic nitrogens is 1. The number of benzene rings is 1. The van der Waals surface area contributed by atoms with Gasteiger partial charge in [0.2, 0.25) is 5.91 Å². The molecule has 0 spiro atoms. The van der Waals surface area contributed by atoms with Crippen LogP contribution in [0.25, 0.3) is 0 Å². The van der Waals surface area contributed by atoms with Crippen molar-refractivity contribution in [2.45, 2.75) is 32.0 Å². The number of amides is 1. The van der Waals surface area contributed by atoms with E-state index in [9.17, 15) is 18.0 Å². The number of carbonyl (C=O) groups excluding carboxylic acids is 1. The number of likely N-dealkylation sites (N-methyl/N-ethyl adjacent to an activating group) is 1. The fraction of sp³-hybridized carbons (Fsp3) is 0.400. The Kier molecular flexibility index (Phi) is 5.93. The van der Waals surface area contributed by atoms with Gasteiger partial charge in [-0.15, -0.1) is 0 Å². The van der Waals surface area contributed by atoms with Crippen molar-refractivity contribution in [3.63, 3.8) is 0 Å². The molecular formula is C20H21ClF3N3O2. The Morgan fingerprint density at radius 1 is 1.31 bits per heavy atom. The molecule has 2 heterocycles. The van der Waals surface area contributed by atoms with Crippen LogP contribution >= 0.6 is 11.6 Å². The largest absolute Gasteiger partial charge is 0.495 e. The van der Waals surface area contributed by atoms with Crippen LogP contribution in [0.15, 0.2) is 30.3 Å². The van der Waals surface area contributed by atoms with E-state index in [-0.39, 0.29) is 16.9 Å². The predicted molar refractivity (Wildman–Crippen MR) is 106 cm³/mol. The van der Waals surface area contributed by atoms with Gasteiger partial charge in [0, 0.05) is 13.6 Å². The molecule has 156 valence electrons. The summed E-state index contributed by atoms with van der Waals surface area (Å²) in [6, 6.07) is 6.55. The molecule has 0 unspecified atom stereocenters. The Balaban J connectivity index is 1.93. The fourth-order valence-corrected chi connectivity index (χ4v) is 3.70. The van der Waals surface area contributed by atoms with Crippen LogP contribution in [0.4, 0.5) is 24.7 Å². The molecule has 5 nitrogen and oxygen atoms in total. The molecule has 3 rings (SSSR count). The van der Waals surface area contributed by atoms with Crippen molar-refractivity contribution in [3.05, 3.63) is 46.6 Å². The van der Waals surface area contributed by atoms with E-state index in [0.29, 0.717) is 30.8 Å². The summed E-state index contributed by atoms with van der Waals surface area (Å²) in [6.45, 7) is 2.32. The number of pyridine rings is 1. The molecule has 0 radical (unpaired) electrons. The monoisotopic (exact) mass is 427 g/mol. The van der Waals surface area contributed by atoms with Crippen LogP contribution in [0.3, 0.4) is 0 Å². The first-order valence-corrected chi connectivity index (χ1v) is 9.43. The lowest BCUT2D eigenvalue weighted by molar-refractivity contribution is -0.137. The van der Waals surface area contributed by atoms with Crippen LogP contribution in [0.1, 0.15) is 24.0 Å². The summed E-state index contributed by atoms with van der Waals surface area (Å²) in [5.74, 6) is 0.336. The number of hydrogen-bond acceptors (Lipinski definition) is 4. The number of methoxy groups -OCH3 is 1. The number of halogens is 4. The minimum absolute atomic E-state index is 0.0466. The molecule has 1 aliphatic rings. The molecule has 1 atom stereocenters. The van der Waals surface area contributed by atoms with E-state index >= 15 is 0 Å². The molecule has 9 heteroatoms. The summed E-state index contributed by atoms with van der Waals surface area (Å²) in [4.78, 5) is 20.3. The second-order valence-electron chi connectivity index (χ2n) is 6.96. The predicted octanol–water partition coefficient (Wildman–Crippen LogP) is 4.70. The molecular weight excluding hydrogens is 407 g/mol. The maximum atomic E-state index is 13.2. The number of anilines is 2. The van der Waals surface area contributed by atoms with Crippen LogP contribution in [0.2, 0.25) is 5.15 Å². The number of alkyl halides is 3. The average molecular weight is 428 g/mol. The van der Waals surface area contributed by atoms with E-state index < -0.39 is 17.8 Å². The van der Waals surface area contributed by atoms with E-state index in [2.05, 4.69) is 4.98 Å². The maximum Gasteiger partial charge on any atom is 0.416 e. The molecule has 1 aromatic carbocycles. The Morgan fingerprint density at radius 2 is 2.03 bits per heavy atom. The standard InChI is InChI=1S/C20H21ClF3N3O2/c1-12-6-7-16(29-3)15(9-12)26(2)19(28)14-5-4-8-27(14)18-11-13(20(22,23)24)10-17(21)25-18/h6-7,9-11,14H,4-5,8H2,1-3H3/t14-/m0/s1. The molecule has 1 aromatic heterocycles. The van der Waals surface area contributed by atoms with Crippen LogP contribution in [-0.4, -0.2) is 37.6 Å². The Bertz CT molecular complexity index is 920. The van der Waals surface area contributed by atoms with E-state index in [0.717, 1.165) is 17.7 Å². The van der Waals surface area contributed by atoms with Gasteiger partial charge >= 0.3 is 6.18 Å². The van der Waals surface area contributed by atoms with Gasteiger partial charge in [-0.25, -0.2) is 4.98 Å². The zero-order valence-electron chi connectivity index (χ0n) is 16.3. The van der Waals surface area contributed by atoms with Crippen molar-refractivity contribution < 1.29 is 22.7 Å². The molecule has 2 aromatic rings. The first kappa shape index (κ1) is 21.2. The number of nitrogens with zero attached hydrogens (tertiary/aromatic N) is 3. The van der Waals surface area contributed by atoms with E-state index in [1.807, 2.05) is 19.1 Å². The maximum absolute atomic E-state index is 13.2. The lowest BCUT2D eigenvalue weighted by Gasteiger charge is -2.30. The van der Waals surface area contributed by atoms with Gasteiger partial charge in [0.25, 0.3) is 0 Å². The summed E-state index contributed by atoms with van der Waals surface area (Å²) in [6.07, 6.45) is -3.39. The third-order valence-corrected chi connectivity index (χ3v) is 5.16. The molecule has 1 aliphatic heterocycles. The lowest BCUT2D eigenvalue weighted by Crippen LogP contribution is -2.45. The van der Waals surface area contributed by atoms with Crippen LogP contribution in [-0.2, 0) is 11.0 Å². The highest BCUT2D eigenvalue weighted by Crippen LogP contribution is 2.36. The minimum atomic E-state index is -4.55. The lowest BCUT2D eigenvalue weighted by atomic mass is 10.1. The van der Waals surface area contributed by atoms with Gasteiger partial charge in [0.15, 0.2) is 0 Å². The van der Waals surface area contributed by atoms with Gasteiger partial charge < -0.3 is 14.5 Å². The molecule has 0 bridgehead atoms. The highest BCUT2D eigenvalue weighted by molar-refractivity contribution is 6.29. The fourth-order valence-electron chi connectivity index (χ4n) is 3.50. The number of ether oxygens (including phenoxy) is 1. The Hall–Kier alpha value is -2.48. The SMILES string of the molecule is COc1ccc(C)cc1N(C)C(=O)[C@@H]1CCCN1c1cc(C(F)(F)F)cc(Cl)n1. The summed E-state index contributed by atoms with van der Waals surface area (Å²) in [7, 11) is 3.14. The van der Waals surface area contributed by atoms with E-state index in [1.54, 1.807) is 18.0 Å². The molecule has 0 saturated carbocycles. The van der Waals surface area contributed by atoms with Crippen LogP contribution < -0.4 is 14.5 Å². The van der Waals surface area contributed by atoms with E-state index in [1.165, 1.54) is 12.0 Å². The smallest absolute Gasteiger partial charge is 0.416 e. The third kappa shape index (κ3) is 4.42. The van der Waals surface area contributed by atoms with Crippen LogP contribution in [0, 0.1) is 6.92 Å². The first-order chi connectivity index (χ1) is 13.6. The zero-order chi connectivity index (χ0) is 21.3. The van der Waals surface area contributed by atoms with Gasteiger partial charge in [-0.3, -0.25) is 4.79 Å². The number of rotatable bonds is 4. The van der Waals surface area contributed by atoms with E-state index in [4.69, 9.17) is 16.3 Å². The number of hydrogen-bond donors (Lipinski definition) is 0. The number of carbonyl (C=O) groups is 1. The third-order valence-electron chi connectivity index (χ3n) is 4.97. The molecule has 1 fully saturated rings. The first-order valence-electron chi connectivity index (χ1n) is 9.05. The molecule has 0 aliphatic carbocycles. The highest BCUT2D eigenvalue weighted by Gasteiger charge is 2.37. The minimum Gasteiger partial charge on any atom is -0.495 e. The van der Waals surface area contributed by atoms with Gasteiger partial charge in [0.1, 0.15) is 22.8 Å². The van der Waals surface area contributed by atoms with Gasteiger partial charge in [-0.1, -0.05) is 17.7 Å². The van der Waals surface area contributed by atoms with Crippen molar-refractivity contribution >= 4 is 29.0 Å². The Labute approximate surface area is 172 Å². The quantitative estimate of drug-likeness (QED) is 0.663. The summed E-state index contributed by atoms with van der Waals surface area (Å²) in [5.41, 5.74) is 0.661. The average Bonchev–Trinajstić information content (AvgIpc) is 3.15. The highest BCUT2D eigenvalue weighted by atomic mass is 35.5. The van der Waals surface area contributed by atoms with Crippen molar-refractivity contribution in [3.8, 4) is 5.75 Å². The summed E-state index contributed by atoms with van der Waals surface area (Å²) in [5, 5.41) is -0.262. The molecule has 0 N–H and O–H groups in total. The van der Waals surface area contributed by atoms with Crippen molar-refractivity contribution in [1.29, 1.82) is 0 Å². The van der Waals surface area contributed by atoms with Gasteiger partial charge in [-0.05, 0) is 49.6 Å². The second-order valence-corrected chi connectivity index (χ2v) is 7.35. The normalized spacial score (nSPS) is 16.8. The van der Waals surface area contributed by atoms with Crippen molar-refractivity contribution in [2.24, 2.45) is 0 Å². The Morgan fingerprint density at radius 3 is 2.69 bits per heavy atom. The summed E-state index contributed by atoms with van der Waals surface area (Å²) >= 11 is 5.83. The van der Waals surface area contributed by atoms with Gasteiger partial charge in [0.05, 0.1) is 18.4 Å². The zero-order valence-corrected chi connectivity index (χ0v) is 17.0. The molecule has 29 heavy (non-hydrogen) atoms. The van der Waals surface area contributed by atoms with Crippen molar-refractivity contribution in [1.82, 2.24) is 4.98 Å². The van der Waals surface area contributed by atoms with Crippen molar-refractivity contribution in [2.75, 3.05) is 30.5 Å². The topological polar surface area (TPSA) is 45.7 Å². The van der Waals surface area contributed by atoms with Crippen LogP contribution in [0.5, 0.6) is 5.75 Å². The number of aryl methyl sites for hydroxylation is 1. The van der Waals surface area contributed by atoms with Gasteiger partial charge in [-0.2, -0.15) is 13.2 Å². The molecule has 1 amide bonds. The second kappa shape index (κ2) is 8.10. The summed E-state index contributed by atoms with van der Waals surface area (Å²) < 4.78 is 44.9. The molecule has 1 saturated heterocycles.